The van der Waals surface area contributed by atoms with Gasteiger partial charge in [-0.25, -0.2) is 0 Å². The van der Waals surface area contributed by atoms with Crippen molar-refractivity contribution < 1.29 is 4.79 Å². The molecule has 0 unspecified atom stereocenters. The molecule has 0 saturated heterocycles. The van der Waals surface area contributed by atoms with Crippen molar-refractivity contribution in [3.8, 4) is 0 Å². The van der Waals surface area contributed by atoms with Gasteiger partial charge in [-0.3, -0.25) is 4.79 Å². The van der Waals surface area contributed by atoms with Crippen LogP contribution < -0.4 is 0 Å². The van der Waals surface area contributed by atoms with Gasteiger partial charge in [-0.1, -0.05) is 22.0 Å². The molecule has 0 aliphatic heterocycles. The van der Waals surface area contributed by atoms with Crippen LogP contribution in [0.4, 0.5) is 0 Å². The van der Waals surface area contributed by atoms with Crippen molar-refractivity contribution in [3.05, 3.63) is 33.8 Å². The number of rotatable bonds is 0. The number of benzene rings is 1. The molecule has 0 fully saturated rings. The maximum absolute atomic E-state index is 12.3. The minimum absolute atomic E-state index is 0.308. The predicted molar refractivity (Wildman–Crippen MR) is 65.2 cm³/mol. The molecule has 0 amide bonds. The Balaban J connectivity index is 2.77. The van der Waals surface area contributed by atoms with Gasteiger partial charge in [-0.15, -0.1) is 0 Å². The van der Waals surface area contributed by atoms with E-state index in [1.54, 1.807) is 0 Å². The fraction of sp³-hybridized carbons (Fsp3) is 0.462. The lowest BCUT2D eigenvalue weighted by Gasteiger charge is -2.21. The largest absolute Gasteiger partial charge is 0.298 e. The predicted octanol–water partition coefficient (Wildman–Crippen LogP) is 3.59. The first-order valence-electron chi connectivity index (χ1n) is 5.13. The van der Waals surface area contributed by atoms with Crippen molar-refractivity contribution in [2.75, 3.05) is 0 Å². The highest BCUT2D eigenvalue weighted by atomic mass is 79.9. The van der Waals surface area contributed by atoms with Crippen LogP contribution in [0, 0.1) is 0 Å². The van der Waals surface area contributed by atoms with Crippen LogP contribution >= 0.6 is 15.9 Å². The number of Topliss-reactive ketones (excluding diaryl/α,β-unsaturated/α-hetero) is 1. The van der Waals surface area contributed by atoms with E-state index in [0.29, 0.717) is 5.78 Å². The van der Waals surface area contributed by atoms with Crippen LogP contribution in [0.25, 0.3) is 0 Å². The lowest BCUT2D eigenvalue weighted by atomic mass is 9.80. The highest BCUT2D eigenvalue weighted by Crippen LogP contribution is 2.46. The molecular weight excluding hydrogens is 252 g/mol. The molecule has 0 aromatic heterocycles. The average molecular weight is 267 g/mol. The Morgan fingerprint density at radius 3 is 2.13 bits per heavy atom. The molecule has 2 heteroatoms. The number of hydrogen-bond acceptors (Lipinski definition) is 1. The Morgan fingerprint density at radius 2 is 1.53 bits per heavy atom. The minimum atomic E-state index is -0.359. The molecule has 80 valence electrons. The quantitative estimate of drug-likeness (QED) is 0.702. The van der Waals surface area contributed by atoms with E-state index in [4.69, 9.17) is 0 Å². The van der Waals surface area contributed by atoms with Crippen LogP contribution in [0.1, 0.15) is 38.8 Å². The lowest BCUT2D eigenvalue weighted by molar-refractivity contribution is -0.126. The Bertz CT molecular complexity index is 444. The van der Waals surface area contributed by atoms with E-state index in [1.165, 1.54) is 5.56 Å². The second-order valence-corrected chi connectivity index (χ2v) is 6.18. The summed E-state index contributed by atoms with van der Waals surface area (Å²) in [5, 5.41) is 0. The van der Waals surface area contributed by atoms with Gasteiger partial charge >= 0.3 is 0 Å². The van der Waals surface area contributed by atoms with Crippen molar-refractivity contribution in [3.63, 3.8) is 0 Å². The maximum Gasteiger partial charge on any atom is 0.152 e. The first-order chi connectivity index (χ1) is 6.78. The zero-order chi connectivity index (χ0) is 11.4. The van der Waals surface area contributed by atoms with Gasteiger partial charge in [-0.05, 0) is 51.0 Å². The summed E-state index contributed by atoms with van der Waals surface area (Å²) < 4.78 is 1.04. The van der Waals surface area contributed by atoms with Gasteiger partial charge in [0, 0.05) is 15.3 Å². The summed E-state index contributed by atoms with van der Waals surface area (Å²) in [5.41, 5.74) is 1.62. The topological polar surface area (TPSA) is 17.1 Å². The Hall–Kier alpha value is -0.630. The highest BCUT2D eigenvalue weighted by Gasteiger charge is 2.50. The molecule has 0 radical (unpaired) electrons. The van der Waals surface area contributed by atoms with Crippen LogP contribution in [0.2, 0.25) is 0 Å². The van der Waals surface area contributed by atoms with Crippen molar-refractivity contribution in [2.45, 2.75) is 38.5 Å². The molecule has 1 nitrogen and oxygen atoms in total. The van der Waals surface area contributed by atoms with Gasteiger partial charge in [0.2, 0.25) is 0 Å². The Labute approximate surface area is 99.0 Å². The monoisotopic (exact) mass is 266 g/mol. The molecule has 0 saturated carbocycles. The van der Waals surface area contributed by atoms with Gasteiger partial charge in [0.15, 0.2) is 5.78 Å². The van der Waals surface area contributed by atoms with Crippen molar-refractivity contribution in [1.29, 1.82) is 0 Å². The van der Waals surface area contributed by atoms with Crippen molar-refractivity contribution in [1.82, 2.24) is 0 Å². The standard InChI is InChI=1S/C13H15BrO/c1-12(2)9-6-5-8(14)7-10(9)13(3,4)11(12)15/h5-7H,1-4H3. The third-order valence-electron chi connectivity index (χ3n) is 3.46. The summed E-state index contributed by atoms with van der Waals surface area (Å²) in [4.78, 5) is 12.3. The Kier molecular flexibility index (Phi) is 2.13. The third kappa shape index (κ3) is 1.31. The summed E-state index contributed by atoms with van der Waals surface area (Å²) in [7, 11) is 0. The second kappa shape index (κ2) is 2.94. The Morgan fingerprint density at radius 1 is 1.00 bits per heavy atom. The second-order valence-electron chi connectivity index (χ2n) is 5.27. The summed E-state index contributed by atoms with van der Waals surface area (Å²) >= 11 is 3.46. The van der Waals surface area contributed by atoms with Crippen molar-refractivity contribution in [2.24, 2.45) is 0 Å². The number of fused-ring (bicyclic) bond motifs is 1. The minimum Gasteiger partial charge on any atom is -0.298 e. The van der Waals surface area contributed by atoms with Gasteiger partial charge in [-0.2, -0.15) is 0 Å². The van der Waals surface area contributed by atoms with Crippen LogP contribution in [-0.2, 0) is 15.6 Å². The first kappa shape index (κ1) is 10.9. The van der Waals surface area contributed by atoms with E-state index < -0.39 is 0 Å². The normalized spacial score (nSPS) is 21.5. The molecule has 1 aliphatic rings. The van der Waals surface area contributed by atoms with Crippen molar-refractivity contribution >= 4 is 21.7 Å². The van der Waals surface area contributed by atoms with E-state index >= 15 is 0 Å². The number of carbonyl (C=O) groups excluding carboxylic acids is 1. The third-order valence-corrected chi connectivity index (χ3v) is 3.96. The van der Waals surface area contributed by atoms with Crippen LogP contribution in [0.3, 0.4) is 0 Å². The number of halogens is 1. The summed E-state index contributed by atoms with van der Waals surface area (Å²) in [5.74, 6) is 0.308. The molecule has 0 heterocycles. The van der Waals surface area contributed by atoms with E-state index in [-0.39, 0.29) is 10.8 Å². The van der Waals surface area contributed by atoms with Crippen LogP contribution in [0.15, 0.2) is 22.7 Å². The van der Waals surface area contributed by atoms with E-state index in [9.17, 15) is 4.79 Å². The summed E-state index contributed by atoms with van der Waals surface area (Å²) in [6, 6.07) is 6.14. The van der Waals surface area contributed by atoms with Crippen LogP contribution in [-0.4, -0.2) is 5.78 Å². The van der Waals surface area contributed by atoms with E-state index in [2.05, 4.69) is 28.1 Å². The van der Waals surface area contributed by atoms with E-state index in [0.717, 1.165) is 10.0 Å². The first-order valence-corrected chi connectivity index (χ1v) is 5.92. The molecule has 1 aliphatic carbocycles. The molecule has 1 aromatic rings. The number of hydrogen-bond donors (Lipinski definition) is 0. The fourth-order valence-corrected chi connectivity index (χ4v) is 2.97. The molecule has 15 heavy (non-hydrogen) atoms. The molecule has 0 N–H and O–H groups in total. The fourth-order valence-electron chi connectivity index (χ4n) is 2.60. The zero-order valence-electron chi connectivity index (χ0n) is 9.52. The van der Waals surface area contributed by atoms with Crippen LogP contribution in [0.5, 0.6) is 0 Å². The maximum atomic E-state index is 12.3. The zero-order valence-corrected chi connectivity index (χ0v) is 11.1. The highest BCUT2D eigenvalue weighted by molar-refractivity contribution is 9.10. The smallest absolute Gasteiger partial charge is 0.152 e. The van der Waals surface area contributed by atoms with E-state index in [1.807, 2.05) is 33.8 Å². The molecule has 2 rings (SSSR count). The molecule has 0 spiro atoms. The van der Waals surface area contributed by atoms with Gasteiger partial charge < -0.3 is 0 Å². The average Bonchev–Trinajstić information content (AvgIpc) is 2.26. The molecular formula is C13H15BrO. The van der Waals surface area contributed by atoms with Gasteiger partial charge in [0.1, 0.15) is 0 Å². The SMILES string of the molecule is CC1(C)C(=O)C(C)(C)c2cc(Br)ccc21. The summed E-state index contributed by atoms with van der Waals surface area (Å²) in [6.45, 7) is 8.04. The number of ketones is 1. The van der Waals surface area contributed by atoms with Gasteiger partial charge in [0.05, 0.1) is 0 Å². The van der Waals surface area contributed by atoms with Gasteiger partial charge in [0.25, 0.3) is 0 Å². The summed E-state index contributed by atoms with van der Waals surface area (Å²) in [6.07, 6.45) is 0. The number of carbonyl (C=O) groups is 1. The lowest BCUT2D eigenvalue weighted by Crippen LogP contribution is -2.33. The molecule has 1 aromatic carbocycles. The molecule has 0 atom stereocenters. The molecule has 0 bridgehead atoms.